The molecule has 0 N–H and O–H groups in total. The molecule has 1 aromatic heterocycles. The lowest BCUT2D eigenvalue weighted by atomic mass is 10.1. The Morgan fingerprint density at radius 1 is 1.21 bits per heavy atom. The van der Waals surface area contributed by atoms with Gasteiger partial charge in [0.05, 0.1) is 19.3 Å². The number of anilines is 2. The van der Waals surface area contributed by atoms with Gasteiger partial charge in [0, 0.05) is 43.3 Å². The molecule has 2 aliphatic rings. The lowest BCUT2D eigenvalue weighted by Crippen LogP contribution is -2.32. The van der Waals surface area contributed by atoms with Crippen molar-refractivity contribution in [2.75, 3.05) is 43.0 Å². The molecule has 1 aliphatic carbocycles. The number of benzene rings is 2. The lowest BCUT2D eigenvalue weighted by Gasteiger charge is -2.25. The molecule has 3 aromatic rings. The number of hydrogen-bond acceptors (Lipinski definition) is 7. The van der Waals surface area contributed by atoms with E-state index in [9.17, 15) is 8.42 Å². The third kappa shape index (κ3) is 5.47. The zero-order valence-corrected chi connectivity index (χ0v) is 23.5. The highest BCUT2D eigenvalue weighted by Gasteiger charge is 2.37. The topological polar surface area (TPSA) is 66.0 Å². The number of halogens is 3. The molecule has 0 radical (unpaired) electrons. The van der Waals surface area contributed by atoms with Gasteiger partial charge in [0.1, 0.15) is 16.6 Å². The fraction of sp³-hybridized carbons (Fsp3) is 0.423. The molecule has 0 bridgehead atoms. The molecular weight excluding hydrogens is 554 g/mol. The van der Waals surface area contributed by atoms with Gasteiger partial charge in [0.25, 0.3) is 10.0 Å². The van der Waals surface area contributed by atoms with Crippen LogP contribution in [0.15, 0.2) is 46.8 Å². The van der Waals surface area contributed by atoms with E-state index in [1.807, 2.05) is 4.90 Å². The first-order valence-electron chi connectivity index (χ1n) is 12.4. The van der Waals surface area contributed by atoms with Crippen LogP contribution in [-0.4, -0.2) is 58.1 Å². The Morgan fingerprint density at radius 3 is 2.58 bits per heavy atom. The van der Waals surface area contributed by atoms with Gasteiger partial charge in [-0.2, -0.15) is 0 Å². The third-order valence-electron chi connectivity index (χ3n) is 7.11. The summed E-state index contributed by atoms with van der Waals surface area (Å²) in [6, 6.07) is 8.40. The molecule has 2 heterocycles. The summed E-state index contributed by atoms with van der Waals surface area (Å²) in [6.45, 7) is 1.92. The van der Waals surface area contributed by atoms with Gasteiger partial charge in [0.15, 0.2) is 15.8 Å². The molecule has 1 unspecified atom stereocenters. The molecule has 2 aromatic carbocycles. The molecule has 38 heavy (non-hydrogen) atoms. The predicted octanol–water partition coefficient (Wildman–Crippen LogP) is 5.40. The Morgan fingerprint density at radius 2 is 1.95 bits per heavy atom. The van der Waals surface area contributed by atoms with Crippen LogP contribution in [0, 0.1) is 17.6 Å². The highest BCUT2D eigenvalue weighted by atomic mass is 35.5. The second kappa shape index (κ2) is 11.0. The van der Waals surface area contributed by atoms with Gasteiger partial charge in [-0.05, 0) is 49.9 Å². The van der Waals surface area contributed by atoms with Crippen molar-refractivity contribution in [1.29, 1.82) is 0 Å². The van der Waals surface area contributed by atoms with Crippen molar-refractivity contribution in [2.45, 2.75) is 36.7 Å². The third-order valence-corrected chi connectivity index (χ3v) is 10.1. The van der Waals surface area contributed by atoms with E-state index in [4.69, 9.17) is 16.3 Å². The van der Waals surface area contributed by atoms with Gasteiger partial charge in [0.2, 0.25) is 0 Å². The minimum Gasteiger partial charge on any atom is -0.497 e. The first-order chi connectivity index (χ1) is 18.2. The zero-order chi connectivity index (χ0) is 27.0. The minimum absolute atomic E-state index is 0.0852. The van der Waals surface area contributed by atoms with Crippen molar-refractivity contribution in [1.82, 2.24) is 9.88 Å². The highest BCUT2D eigenvalue weighted by molar-refractivity contribution is 7.93. The Balaban J connectivity index is 1.44. The smallest absolute Gasteiger partial charge is 0.272 e. The van der Waals surface area contributed by atoms with Crippen LogP contribution in [0.2, 0.25) is 5.02 Å². The number of methoxy groups -OCH3 is 1. The maximum absolute atomic E-state index is 15.7. The Kier molecular flexibility index (Phi) is 7.82. The molecule has 5 rings (SSSR count). The van der Waals surface area contributed by atoms with Gasteiger partial charge in [-0.15, -0.1) is 11.3 Å². The minimum atomic E-state index is -4.70. The summed E-state index contributed by atoms with van der Waals surface area (Å²) in [5.74, 6) is -1.54. The summed E-state index contributed by atoms with van der Waals surface area (Å²) in [6.07, 6.45) is 4.73. The largest absolute Gasteiger partial charge is 0.497 e. The molecular formula is C26H29ClF2N4O3S2. The van der Waals surface area contributed by atoms with Crippen molar-refractivity contribution >= 4 is 43.8 Å². The molecule has 0 amide bonds. The fourth-order valence-corrected chi connectivity index (χ4v) is 7.63. The van der Waals surface area contributed by atoms with E-state index in [2.05, 4.69) is 16.9 Å². The Bertz CT molecular complexity index is 1390. The van der Waals surface area contributed by atoms with Crippen LogP contribution in [0.4, 0.5) is 19.6 Å². The molecule has 204 valence electrons. The summed E-state index contributed by atoms with van der Waals surface area (Å²) in [5.41, 5.74) is 0.764. The molecule has 7 nitrogen and oxygen atoms in total. The fourth-order valence-electron chi connectivity index (χ4n) is 4.91. The first-order valence-corrected chi connectivity index (χ1v) is 15.1. The molecule has 1 saturated carbocycles. The second-order valence-electron chi connectivity index (χ2n) is 9.78. The molecule has 2 fully saturated rings. The van der Waals surface area contributed by atoms with E-state index in [-0.39, 0.29) is 17.4 Å². The average Bonchev–Trinajstić information content (AvgIpc) is 3.42. The van der Waals surface area contributed by atoms with E-state index in [0.29, 0.717) is 36.4 Å². The van der Waals surface area contributed by atoms with E-state index < -0.39 is 31.6 Å². The second-order valence-corrected chi connectivity index (χ2v) is 12.8. The van der Waals surface area contributed by atoms with Crippen LogP contribution in [0.3, 0.4) is 0 Å². The van der Waals surface area contributed by atoms with Crippen molar-refractivity contribution < 1.29 is 21.9 Å². The van der Waals surface area contributed by atoms with Gasteiger partial charge in [-0.25, -0.2) is 26.5 Å². The van der Waals surface area contributed by atoms with Crippen molar-refractivity contribution in [3.8, 4) is 5.75 Å². The van der Waals surface area contributed by atoms with Gasteiger partial charge in [-0.3, -0.25) is 0 Å². The maximum Gasteiger partial charge on any atom is 0.272 e. The number of rotatable bonds is 10. The number of nitrogens with zero attached hydrogens (tertiary/aromatic N) is 4. The Hall–Kier alpha value is -2.47. The highest BCUT2D eigenvalue weighted by Crippen LogP contribution is 2.39. The number of thiazole rings is 1. The molecule has 1 aliphatic heterocycles. The van der Waals surface area contributed by atoms with Crippen LogP contribution >= 0.6 is 22.9 Å². The summed E-state index contributed by atoms with van der Waals surface area (Å²) in [7, 11) is -1.07. The van der Waals surface area contributed by atoms with Crippen LogP contribution in [-0.2, 0) is 16.6 Å². The number of ether oxygens (including phenoxy) is 1. The standard InChI is InChI=1S/C26H29ClF2N4O3S2/c1-31(19-5-6-19)14-18-9-11-32(15-18)22-13-21(28)25(24(29)23(22)27)38(34,35)33(26-30-10-12-37-26)16-17-3-7-20(36-2)8-4-17/h3-4,7-8,10,12-13,18-19H,5-6,9,11,14-16H2,1-2H3. The number of hydrogen-bond donors (Lipinski definition) is 0. The van der Waals surface area contributed by atoms with Gasteiger partial charge in [-0.1, -0.05) is 23.7 Å². The summed E-state index contributed by atoms with van der Waals surface area (Å²) >= 11 is 7.44. The molecule has 12 heteroatoms. The lowest BCUT2D eigenvalue weighted by molar-refractivity contribution is 0.277. The molecule has 1 atom stereocenters. The zero-order valence-electron chi connectivity index (χ0n) is 21.1. The van der Waals surface area contributed by atoms with E-state index in [1.54, 1.807) is 29.6 Å². The summed E-state index contributed by atoms with van der Waals surface area (Å²) < 4.78 is 64.7. The van der Waals surface area contributed by atoms with Crippen LogP contribution < -0.4 is 13.9 Å². The molecule has 1 saturated heterocycles. The van der Waals surface area contributed by atoms with Gasteiger partial charge < -0.3 is 14.5 Å². The monoisotopic (exact) mass is 582 g/mol. The Labute approximate surface area is 230 Å². The maximum atomic E-state index is 15.7. The van der Waals surface area contributed by atoms with Crippen LogP contribution in [0.25, 0.3) is 0 Å². The SMILES string of the molecule is COc1ccc(CN(c2nccs2)S(=O)(=O)c2c(F)cc(N3CCC(CN(C)C4CC4)C3)c(Cl)c2F)cc1. The van der Waals surface area contributed by atoms with Crippen LogP contribution in [0.1, 0.15) is 24.8 Å². The van der Waals surface area contributed by atoms with E-state index >= 15 is 8.78 Å². The quantitative estimate of drug-likeness (QED) is 0.298. The van der Waals surface area contributed by atoms with E-state index in [0.717, 1.165) is 34.7 Å². The van der Waals surface area contributed by atoms with Crippen molar-refractivity contribution in [3.63, 3.8) is 0 Å². The summed E-state index contributed by atoms with van der Waals surface area (Å²) in [4.78, 5) is 7.19. The van der Waals surface area contributed by atoms with Gasteiger partial charge >= 0.3 is 0 Å². The predicted molar refractivity (Wildman–Crippen MR) is 146 cm³/mol. The number of sulfonamides is 1. The number of aromatic nitrogens is 1. The van der Waals surface area contributed by atoms with Crippen molar-refractivity contribution in [2.24, 2.45) is 5.92 Å². The summed E-state index contributed by atoms with van der Waals surface area (Å²) in [5, 5.41) is 1.28. The van der Waals surface area contributed by atoms with Crippen LogP contribution in [0.5, 0.6) is 5.75 Å². The molecule has 0 spiro atoms. The average molecular weight is 583 g/mol. The normalized spacial score (nSPS) is 17.8. The first kappa shape index (κ1) is 27.1. The van der Waals surface area contributed by atoms with E-state index in [1.165, 1.54) is 26.1 Å². The van der Waals surface area contributed by atoms with Crippen molar-refractivity contribution in [3.05, 3.63) is 64.1 Å².